The second-order valence-corrected chi connectivity index (χ2v) is 5.50. The number of carbonyl (C=O) groups excluding carboxylic acids is 1. The van der Waals surface area contributed by atoms with Crippen LogP contribution in [0.15, 0.2) is 18.2 Å². The second-order valence-electron chi connectivity index (χ2n) is 5.50. The van der Waals surface area contributed by atoms with Crippen LogP contribution in [0, 0.1) is 18.7 Å². The summed E-state index contributed by atoms with van der Waals surface area (Å²) in [5.74, 6) is -0.351. The summed E-state index contributed by atoms with van der Waals surface area (Å²) in [6.07, 6.45) is 1.98. The van der Waals surface area contributed by atoms with Gasteiger partial charge in [-0.3, -0.25) is 4.79 Å². The molecule has 20 heavy (non-hydrogen) atoms. The molecular weight excluding hydrogens is 279 g/mol. The Morgan fingerprint density at radius 1 is 1.50 bits per heavy atom. The molecule has 2 atom stereocenters. The van der Waals surface area contributed by atoms with E-state index in [4.69, 9.17) is 5.73 Å². The van der Waals surface area contributed by atoms with Gasteiger partial charge < -0.3 is 10.6 Å². The van der Waals surface area contributed by atoms with Crippen molar-refractivity contribution in [2.45, 2.75) is 32.7 Å². The Morgan fingerprint density at radius 2 is 2.20 bits per heavy atom. The number of halogens is 2. The third-order valence-corrected chi connectivity index (χ3v) is 3.84. The summed E-state index contributed by atoms with van der Waals surface area (Å²) in [6, 6.07) is 4.72. The monoisotopic (exact) mass is 300 g/mol. The molecule has 0 bridgehead atoms. The largest absolute Gasteiger partial charge is 0.338 e. The minimum Gasteiger partial charge on any atom is -0.338 e. The van der Waals surface area contributed by atoms with Gasteiger partial charge in [0.2, 0.25) is 0 Å². The Hall–Kier alpha value is -1.13. The number of nitrogens with zero attached hydrogens (tertiary/aromatic N) is 1. The lowest BCUT2D eigenvalue weighted by atomic mass is 9.92. The standard InChI is InChI=1S/C15H21FN2O.ClH/c1-10-5-6-14(16)13(8-10)15(19)18-7-3-4-12(9-18)11(2)17;/h5-6,8,11-12H,3-4,7,9,17H2,1-2H3;1H. The van der Waals surface area contributed by atoms with Crippen molar-refractivity contribution in [3.8, 4) is 0 Å². The fraction of sp³-hybridized carbons (Fsp3) is 0.533. The maximum Gasteiger partial charge on any atom is 0.256 e. The molecule has 0 aromatic heterocycles. The molecule has 1 aromatic carbocycles. The SMILES string of the molecule is Cc1ccc(F)c(C(=O)N2CCCC(C(C)N)C2)c1.Cl. The average Bonchev–Trinajstić information content (AvgIpc) is 2.41. The summed E-state index contributed by atoms with van der Waals surface area (Å²) in [6.45, 7) is 5.14. The van der Waals surface area contributed by atoms with Gasteiger partial charge in [0.15, 0.2) is 0 Å². The van der Waals surface area contributed by atoms with Gasteiger partial charge in [0.25, 0.3) is 5.91 Å². The van der Waals surface area contributed by atoms with Crippen LogP contribution >= 0.6 is 12.4 Å². The van der Waals surface area contributed by atoms with Gasteiger partial charge in [-0.25, -0.2) is 4.39 Å². The van der Waals surface area contributed by atoms with Crippen molar-refractivity contribution in [1.29, 1.82) is 0 Å². The zero-order chi connectivity index (χ0) is 14.0. The van der Waals surface area contributed by atoms with Crippen LogP contribution in [0.1, 0.15) is 35.7 Å². The topological polar surface area (TPSA) is 46.3 Å². The summed E-state index contributed by atoms with van der Waals surface area (Å²) in [5.41, 5.74) is 6.98. The number of nitrogens with two attached hydrogens (primary N) is 1. The predicted molar refractivity (Wildman–Crippen MR) is 80.7 cm³/mol. The van der Waals surface area contributed by atoms with Crippen LogP contribution in [0.2, 0.25) is 0 Å². The molecule has 2 rings (SSSR count). The average molecular weight is 301 g/mol. The highest BCUT2D eigenvalue weighted by atomic mass is 35.5. The molecule has 1 aromatic rings. The van der Waals surface area contributed by atoms with E-state index in [-0.39, 0.29) is 29.9 Å². The first kappa shape index (κ1) is 16.9. The number of hydrogen-bond acceptors (Lipinski definition) is 2. The van der Waals surface area contributed by atoms with E-state index in [1.807, 2.05) is 13.8 Å². The molecule has 3 nitrogen and oxygen atoms in total. The summed E-state index contributed by atoms with van der Waals surface area (Å²) < 4.78 is 13.8. The molecule has 112 valence electrons. The van der Waals surface area contributed by atoms with Crippen LogP contribution in [0.3, 0.4) is 0 Å². The predicted octanol–water partition coefficient (Wildman–Crippen LogP) is 2.76. The third kappa shape index (κ3) is 3.70. The quantitative estimate of drug-likeness (QED) is 0.913. The van der Waals surface area contributed by atoms with Crippen LogP contribution in [-0.4, -0.2) is 29.9 Å². The molecule has 0 radical (unpaired) electrons. The smallest absolute Gasteiger partial charge is 0.256 e. The van der Waals surface area contributed by atoms with Crippen molar-refractivity contribution >= 4 is 18.3 Å². The van der Waals surface area contributed by atoms with Crippen molar-refractivity contribution in [3.63, 3.8) is 0 Å². The number of aryl methyl sites for hydroxylation is 1. The maximum atomic E-state index is 13.8. The van der Waals surface area contributed by atoms with E-state index in [0.717, 1.165) is 18.4 Å². The van der Waals surface area contributed by atoms with Crippen molar-refractivity contribution < 1.29 is 9.18 Å². The molecule has 1 aliphatic rings. The highest BCUT2D eigenvalue weighted by Crippen LogP contribution is 2.21. The van der Waals surface area contributed by atoms with Crippen LogP contribution in [0.25, 0.3) is 0 Å². The number of likely N-dealkylation sites (tertiary alicyclic amines) is 1. The Kier molecular flexibility index (Phi) is 5.96. The van der Waals surface area contributed by atoms with Crippen LogP contribution in [0.5, 0.6) is 0 Å². The van der Waals surface area contributed by atoms with E-state index >= 15 is 0 Å². The van der Waals surface area contributed by atoms with Gasteiger partial charge in [-0.15, -0.1) is 12.4 Å². The van der Waals surface area contributed by atoms with Gasteiger partial charge in [0.1, 0.15) is 5.82 Å². The molecule has 2 unspecified atom stereocenters. The number of carbonyl (C=O) groups is 1. The van der Waals surface area contributed by atoms with Crippen molar-refractivity contribution in [3.05, 3.63) is 35.1 Å². The van der Waals surface area contributed by atoms with Gasteiger partial charge in [0, 0.05) is 19.1 Å². The van der Waals surface area contributed by atoms with E-state index in [9.17, 15) is 9.18 Å². The summed E-state index contributed by atoms with van der Waals surface area (Å²) >= 11 is 0. The second kappa shape index (κ2) is 7.04. The highest BCUT2D eigenvalue weighted by Gasteiger charge is 2.27. The third-order valence-electron chi connectivity index (χ3n) is 3.84. The molecule has 5 heteroatoms. The van der Waals surface area contributed by atoms with Crippen molar-refractivity contribution in [1.82, 2.24) is 4.90 Å². The first-order valence-electron chi connectivity index (χ1n) is 6.80. The van der Waals surface area contributed by atoms with Gasteiger partial charge in [-0.2, -0.15) is 0 Å². The van der Waals surface area contributed by atoms with E-state index in [0.29, 0.717) is 19.0 Å². The van der Waals surface area contributed by atoms with E-state index in [1.54, 1.807) is 17.0 Å². The molecule has 0 aliphatic carbocycles. The number of rotatable bonds is 2. The van der Waals surface area contributed by atoms with Crippen molar-refractivity contribution in [2.75, 3.05) is 13.1 Å². The molecule has 1 saturated heterocycles. The first-order chi connectivity index (χ1) is 8.99. The Morgan fingerprint density at radius 3 is 2.85 bits per heavy atom. The zero-order valence-corrected chi connectivity index (χ0v) is 12.8. The fourth-order valence-corrected chi connectivity index (χ4v) is 2.60. The lowest BCUT2D eigenvalue weighted by molar-refractivity contribution is 0.0656. The fourth-order valence-electron chi connectivity index (χ4n) is 2.60. The number of amides is 1. The first-order valence-corrected chi connectivity index (χ1v) is 6.80. The summed E-state index contributed by atoms with van der Waals surface area (Å²) in [7, 11) is 0. The zero-order valence-electron chi connectivity index (χ0n) is 11.9. The van der Waals surface area contributed by atoms with Gasteiger partial charge >= 0.3 is 0 Å². The van der Waals surface area contributed by atoms with Crippen LogP contribution in [0.4, 0.5) is 4.39 Å². The van der Waals surface area contributed by atoms with Crippen LogP contribution in [-0.2, 0) is 0 Å². The normalized spacial score (nSPS) is 20.2. The molecule has 0 saturated carbocycles. The minimum absolute atomic E-state index is 0. The number of piperidine rings is 1. The molecule has 1 heterocycles. The van der Waals surface area contributed by atoms with E-state index in [2.05, 4.69) is 0 Å². The molecule has 1 amide bonds. The lowest BCUT2D eigenvalue weighted by Gasteiger charge is -2.34. The summed E-state index contributed by atoms with van der Waals surface area (Å²) in [5, 5.41) is 0. The van der Waals surface area contributed by atoms with Gasteiger partial charge in [-0.05, 0) is 44.7 Å². The molecule has 1 fully saturated rings. The molecular formula is C15H22ClFN2O. The Bertz CT molecular complexity index is 479. The Labute approximate surface area is 125 Å². The minimum atomic E-state index is -0.446. The molecule has 0 spiro atoms. The Balaban J connectivity index is 0.00000200. The molecule has 1 aliphatic heterocycles. The summed E-state index contributed by atoms with van der Waals surface area (Å²) in [4.78, 5) is 14.1. The van der Waals surface area contributed by atoms with Crippen molar-refractivity contribution in [2.24, 2.45) is 11.7 Å². The highest BCUT2D eigenvalue weighted by molar-refractivity contribution is 5.94. The van der Waals surface area contributed by atoms with E-state index in [1.165, 1.54) is 6.07 Å². The molecule has 2 N–H and O–H groups in total. The maximum absolute atomic E-state index is 13.8. The number of benzene rings is 1. The number of hydrogen-bond donors (Lipinski definition) is 1. The van der Waals surface area contributed by atoms with Crippen LogP contribution < -0.4 is 5.73 Å². The van der Waals surface area contributed by atoms with Gasteiger partial charge in [-0.1, -0.05) is 11.6 Å². The van der Waals surface area contributed by atoms with E-state index < -0.39 is 5.82 Å². The lowest BCUT2D eigenvalue weighted by Crippen LogP contribution is -2.45. The van der Waals surface area contributed by atoms with Gasteiger partial charge in [0.05, 0.1) is 5.56 Å².